The van der Waals surface area contributed by atoms with Crippen molar-refractivity contribution in [2.24, 2.45) is 5.92 Å². The number of piperidine rings is 1. The van der Waals surface area contributed by atoms with Crippen molar-refractivity contribution >= 4 is 21.6 Å². The molecule has 27 heavy (non-hydrogen) atoms. The van der Waals surface area contributed by atoms with E-state index in [1.807, 2.05) is 32.0 Å². The molecular weight excluding hydrogens is 360 g/mol. The second kappa shape index (κ2) is 7.82. The third kappa shape index (κ3) is 4.39. The van der Waals surface area contributed by atoms with E-state index in [0.717, 1.165) is 29.7 Å². The van der Waals surface area contributed by atoms with Crippen molar-refractivity contribution in [1.82, 2.24) is 4.31 Å². The Kier molecular flexibility index (Phi) is 5.67. The molecule has 1 N–H and O–H groups in total. The van der Waals surface area contributed by atoms with E-state index in [-0.39, 0.29) is 10.8 Å². The van der Waals surface area contributed by atoms with E-state index < -0.39 is 10.0 Å². The molecule has 144 valence electrons. The van der Waals surface area contributed by atoms with Crippen molar-refractivity contribution in [3.8, 4) is 0 Å². The molecule has 1 unspecified atom stereocenters. The van der Waals surface area contributed by atoms with Crippen molar-refractivity contribution in [3.05, 3.63) is 59.2 Å². The second-order valence-electron chi connectivity index (χ2n) is 7.41. The van der Waals surface area contributed by atoms with Crippen LogP contribution < -0.4 is 5.32 Å². The lowest BCUT2D eigenvalue weighted by atomic mass is 10.0. The molecule has 0 aromatic heterocycles. The summed E-state index contributed by atoms with van der Waals surface area (Å²) >= 11 is 0. The molecule has 3 rings (SSSR count). The van der Waals surface area contributed by atoms with Crippen LogP contribution in [-0.4, -0.2) is 31.7 Å². The van der Waals surface area contributed by atoms with Crippen molar-refractivity contribution in [2.75, 3.05) is 18.4 Å². The van der Waals surface area contributed by atoms with Crippen LogP contribution in [0.25, 0.3) is 0 Å². The number of hydrogen-bond acceptors (Lipinski definition) is 3. The van der Waals surface area contributed by atoms with Crippen LogP contribution in [0.4, 0.5) is 5.69 Å². The molecule has 0 radical (unpaired) electrons. The number of rotatable bonds is 4. The van der Waals surface area contributed by atoms with E-state index in [2.05, 4.69) is 12.2 Å². The van der Waals surface area contributed by atoms with E-state index in [9.17, 15) is 13.2 Å². The molecule has 2 aromatic rings. The summed E-state index contributed by atoms with van der Waals surface area (Å²) in [5, 5.41) is 2.89. The molecule has 6 heteroatoms. The Morgan fingerprint density at radius 3 is 2.67 bits per heavy atom. The Balaban J connectivity index is 1.84. The topological polar surface area (TPSA) is 66.5 Å². The minimum Gasteiger partial charge on any atom is -0.322 e. The van der Waals surface area contributed by atoms with Gasteiger partial charge in [-0.3, -0.25) is 4.79 Å². The number of benzene rings is 2. The van der Waals surface area contributed by atoms with Crippen LogP contribution in [0.2, 0.25) is 0 Å². The predicted molar refractivity (Wildman–Crippen MR) is 107 cm³/mol. The van der Waals surface area contributed by atoms with E-state index in [4.69, 9.17) is 0 Å². The third-order valence-electron chi connectivity index (χ3n) is 5.00. The van der Waals surface area contributed by atoms with Crippen LogP contribution in [0, 0.1) is 19.8 Å². The first-order valence-corrected chi connectivity index (χ1v) is 10.7. The van der Waals surface area contributed by atoms with Gasteiger partial charge in [0.25, 0.3) is 5.91 Å². The quantitative estimate of drug-likeness (QED) is 0.864. The smallest absolute Gasteiger partial charge is 0.255 e. The SMILES string of the molecule is Cc1ccc(C)c(NC(=O)c2cccc(S(=O)(=O)N3CCCC(C)C3)c2)c1. The van der Waals surface area contributed by atoms with Crippen LogP contribution in [0.3, 0.4) is 0 Å². The number of hydrogen-bond donors (Lipinski definition) is 1. The maximum absolute atomic E-state index is 13.0. The summed E-state index contributed by atoms with van der Waals surface area (Å²) in [7, 11) is -3.59. The standard InChI is InChI=1S/C21H26N2O3S/c1-15-9-10-17(3)20(12-15)22-21(24)18-7-4-8-19(13-18)27(25,26)23-11-5-6-16(2)14-23/h4,7-10,12-13,16H,5-6,11,14H2,1-3H3,(H,22,24). The number of nitrogens with zero attached hydrogens (tertiary/aromatic N) is 1. The first kappa shape index (κ1) is 19.6. The summed E-state index contributed by atoms with van der Waals surface area (Å²) in [5.74, 6) is 0.0389. The van der Waals surface area contributed by atoms with Gasteiger partial charge in [0.2, 0.25) is 10.0 Å². The molecule has 0 spiro atoms. The summed E-state index contributed by atoms with van der Waals surface area (Å²) < 4.78 is 27.4. The number of nitrogens with one attached hydrogen (secondary N) is 1. The monoisotopic (exact) mass is 386 g/mol. The molecular formula is C21H26N2O3S. The number of aryl methyl sites for hydroxylation is 2. The summed E-state index contributed by atoms with van der Waals surface area (Å²) in [5.41, 5.74) is 3.08. The highest BCUT2D eigenvalue weighted by molar-refractivity contribution is 7.89. The van der Waals surface area contributed by atoms with Gasteiger partial charge in [0.15, 0.2) is 0 Å². The Morgan fingerprint density at radius 2 is 1.93 bits per heavy atom. The Bertz CT molecular complexity index is 954. The van der Waals surface area contributed by atoms with Crippen molar-refractivity contribution < 1.29 is 13.2 Å². The van der Waals surface area contributed by atoms with Crippen molar-refractivity contribution in [3.63, 3.8) is 0 Å². The van der Waals surface area contributed by atoms with E-state index in [0.29, 0.717) is 24.6 Å². The second-order valence-corrected chi connectivity index (χ2v) is 9.35. The Hall–Kier alpha value is -2.18. The average Bonchev–Trinajstić information content (AvgIpc) is 2.65. The summed E-state index contributed by atoms with van der Waals surface area (Å²) in [4.78, 5) is 12.8. The van der Waals surface area contributed by atoms with Crippen LogP contribution in [0.5, 0.6) is 0 Å². The first-order chi connectivity index (χ1) is 12.8. The molecule has 2 aromatic carbocycles. The summed E-state index contributed by atoms with van der Waals surface area (Å²) in [6.45, 7) is 7.01. The third-order valence-corrected chi connectivity index (χ3v) is 6.86. The highest BCUT2D eigenvalue weighted by atomic mass is 32.2. The fraction of sp³-hybridized carbons (Fsp3) is 0.381. The molecule has 0 bridgehead atoms. The lowest BCUT2D eigenvalue weighted by Gasteiger charge is -2.30. The number of amides is 1. The molecule has 1 amide bonds. The zero-order chi connectivity index (χ0) is 19.6. The number of sulfonamides is 1. The minimum absolute atomic E-state index is 0.171. The van der Waals surface area contributed by atoms with Gasteiger partial charge >= 0.3 is 0 Å². The molecule has 1 saturated heterocycles. The summed E-state index contributed by atoms with van der Waals surface area (Å²) in [6.07, 6.45) is 1.91. The van der Waals surface area contributed by atoms with Crippen LogP contribution in [0.15, 0.2) is 47.4 Å². The van der Waals surface area contributed by atoms with Gasteiger partial charge in [0.1, 0.15) is 0 Å². The molecule has 0 saturated carbocycles. The van der Waals surface area contributed by atoms with E-state index in [1.165, 1.54) is 10.4 Å². The van der Waals surface area contributed by atoms with Gasteiger partial charge in [-0.1, -0.05) is 25.1 Å². The first-order valence-electron chi connectivity index (χ1n) is 9.26. The van der Waals surface area contributed by atoms with E-state index >= 15 is 0 Å². The van der Waals surface area contributed by atoms with Gasteiger partial charge in [-0.2, -0.15) is 4.31 Å². The van der Waals surface area contributed by atoms with Gasteiger partial charge in [0.05, 0.1) is 4.90 Å². The molecule has 1 aliphatic rings. The Labute approximate surface area is 161 Å². The molecule has 0 aliphatic carbocycles. The summed E-state index contributed by atoms with van der Waals surface area (Å²) in [6, 6.07) is 12.1. The molecule has 1 aliphatic heterocycles. The molecule has 1 atom stereocenters. The largest absolute Gasteiger partial charge is 0.322 e. The Morgan fingerprint density at radius 1 is 1.15 bits per heavy atom. The van der Waals surface area contributed by atoms with Gasteiger partial charge in [-0.15, -0.1) is 0 Å². The van der Waals surface area contributed by atoms with Crippen LogP contribution in [-0.2, 0) is 10.0 Å². The molecule has 1 heterocycles. The van der Waals surface area contributed by atoms with Gasteiger partial charge in [-0.05, 0) is 68.0 Å². The zero-order valence-electron chi connectivity index (χ0n) is 16.0. The van der Waals surface area contributed by atoms with Crippen LogP contribution >= 0.6 is 0 Å². The number of carbonyl (C=O) groups is 1. The van der Waals surface area contributed by atoms with E-state index in [1.54, 1.807) is 18.2 Å². The van der Waals surface area contributed by atoms with Gasteiger partial charge < -0.3 is 5.32 Å². The lowest BCUT2D eigenvalue weighted by molar-refractivity contribution is 0.102. The molecule has 5 nitrogen and oxygen atoms in total. The molecule has 1 fully saturated rings. The fourth-order valence-electron chi connectivity index (χ4n) is 3.38. The predicted octanol–water partition coefficient (Wildman–Crippen LogP) is 3.98. The highest BCUT2D eigenvalue weighted by Crippen LogP contribution is 2.24. The van der Waals surface area contributed by atoms with Gasteiger partial charge in [-0.25, -0.2) is 8.42 Å². The highest BCUT2D eigenvalue weighted by Gasteiger charge is 2.29. The number of carbonyl (C=O) groups excluding carboxylic acids is 1. The van der Waals surface area contributed by atoms with Crippen molar-refractivity contribution in [1.29, 1.82) is 0 Å². The fourth-order valence-corrected chi connectivity index (χ4v) is 5.02. The van der Waals surface area contributed by atoms with Gasteiger partial charge in [0, 0.05) is 24.3 Å². The number of anilines is 1. The zero-order valence-corrected chi connectivity index (χ0v) is 16.8. The maximum atomic E-state index is 13.0. The van der Waals surface area contributed by atoms with Crippen molar-refractivity contribution in [2.45, 2.75) is 38.5 Å². The lowest BCUT2D eigenvalue weighted by Crippen LogP contribution is -2.39. The minimum atomic E-state index is -3.59. The normalized spacial score (nSPS) is 18.3. The maximum Gasteiger partial charge on any atom is 0.255 e. The van der Waals surface area contributed by atoms with Crippen LogP contribution in [0.1, 0.15) is 41.3 Å². The average molecular weight is 387 g/mol.